The molecule has 3 aliphatic carbocycles. The molecular formula is C88H78N2O. The standard InChI is InChI=1S/C88H78N2O/c1-58(2)85(66-28-16-11-17-29-66)90(86(4,5)6)91-84(54-59(3)60-24-12-9-13-25-60)65-38-36-63(37-39-65)67-44-51-76-73-31-19-22-34-79(73)88(82(76)55-67)80-35-23-20-32-74(80)77-52-45-68(56-83(77)88)64-42-48-70(49-43-64)89(69-46-40-62(41-47-69)61-26-14-10-15-27-61)71-50-53-75-72-30-18-21-33-78(72)87(7,8)81(75)57-71/h9-53,55-59,84-85H,54H2,1-8H3. The van der Waals surface area contributed by atoms with Gasteiger partial charge in [0.15, 0.2) is 0 Å². The van der Waals surface area contributed by atoms with E-state index in [1.807, 2.05) is 0 Å². The first-order valence-electron chi connectivity index (χ1n) is 32.7. The number of anilines is 3. The van der Waals surface area contributed by atoms with Crippen LogP contribution in [0.5, 0.6) is 0 Å². The molecule has 0 aromatic heterocycles. The van der Waals surface area contributed by atoms with Crippen molar-refractivity contribution in [2.24, 2.45) is 5.92 Å². The van der Waals surface area contributed by atoms with E-state index in [0.717, 1.165) is 23.5 Å². The molecule has 3 nitrogen and oxygen atoms in total. The van der Waals surface area contributed by atoms with Crippen LogP contribution in [-0.2, 0) is 15.7 Å². The van der Waals surface area contributed by atoms with Crippen LogP contribution >= 0.6 is 0 Å². The van der Waals surface area contributed by atoms with Crippen molar-refractivity contribution in [1.29, 1.82) is 0 Å². The summed E-state index contributed by atoms with van der Waals surface area (Å²) in [6.07, 6.45) is 0.627. The zero-order valence-corrected chi connectivity index (χ0v) is 53.5. The fourth-order valence-electron chi connectivity index (χ4n) is 15.6. The lowest BCUT2D eigenvalue weighted by Crippen LogP contribution is -2.46. The maximum atomic E-state index is 7.51. The third kappa shape index (κ3) is 9.98. The highest BCUT2D eigenvalue weighted by molar-refractivity contribution is 5.97. The molecular weight excluding hydrogens is 1100 g/mol. The van der Waals surface area contributed by atoms with Gasteiger partial charge in [-0.1, -0.05) is 277 Å². The van der Waals surface area contributed by atoms with Gasteiger partial charge in [-0.25, -0.2) is 0 Å². The molecule has 0 aliphatic heterocycles. The Morgan fingerprint density at radius 1 is 0.341 bits per heavy atom. The molecule has 0 heterocycles. The maximum absolute atomic E-state index is 7.51. The average Bonchev–Trinajstić information content (AvgIpc) is 1.51. The topological polar surface area (TPSA) is 15.7 Å². The van der Waals surface area contributed by atoms with Crippen LogP contribution in [0.2, 0.25) is 0 Å². The van der Waals surface area contributed by atoms with Crippen LogP contribution in [0, 0.1) is 5.92 Å². The first-order valence-corrected chi connectivity index (χ1v) is 32.7. The Hall–Kier alpha value is -9.64. The van der Waals surface area contributed by atoms with Gasteiger partial charge in [-0.05, 0) is 204 Å². The molecule has 4 atom stereocenters. The number of nitrogens with zero attached hydrogens (tertiary/aromatic N) is 2. The van der Waals surface area contributed by atoms with Crippen LogP contribution in [0.25, 0.3) is 66.8 Å². The van der Waals surface area contributed by atoms with Gasteiger partial charge in [-0.2, -0.15) is 5.06 Å². The molecule has 0 amide bonds. The largest absolute Gasteiger partial charge is 0.310 e. The van der Waals surface area contributed by atoms with E-state index in [9.17, 15) is 0 Å². The minimum Gasteiger partial charge on any atom is -0.310 e. The highest BCUT2D eigenvalue weighted by atomic mass is 16.7. The van der Waals surface area contributed by atoms with Gasteiger partial charge in [0.05, 0.1) is 11.5 Å². The molecule has 91 heavy (non-hydrogen) atoms. The van der Waals surface area contributed by atoms with Crippen LogP contribution in [0.3, 0.4) is 0 Å². The van der Waals surface area contributed by atoms with E-state index in [1.54, 1.807) is 0 Å². The zero-order chi connectivity index (χ0) is 62.2. The summed E-state index contributed by atoms with van der Waals surface area (Å²) in [5, 5.41) is 2.30. The number of benzene rings is 12. The summed E-state index contributed by atoms with van der Waals surface area (Å²) < 4.78 is 0. The fourth-order valence-corrected chi connectivity index (χ4v) is 15.6. The van der Waals surface area contributed by atoms with Crippen molar-refractivity contribution in [3.05, 3.63) is 341 Å². The second-order valence-corrected chi connectivity index (χ2v) is 27.4. The summed E-state index contributed by atoms with van der Waals surface area (Å²) >= 11 is 0. The highest BCUT2D eigenvalue weighted by Gasteiger charge is 2.52. The van der Waals surface area contributed by atoms with E-state index in [-0.39, 0.29) is 29.0 Å². The SMILES string of the molecule is CC(CC(ON(C(c1ccccc1)C(C)C)C(C)(C)C)c1ccc(-c2ccc3c(c2)C2(c4ccccc4-3)c3ccccc3-c3ccc(-c4ccc(N(c5ccc(-c6ccccc6)cc5)c5ccc6c(c5)C(C)(C)c5ccccc5-6)cc4)cc32)cc1)c1ccccc1. The minimum absolute atomic E-state index is 0.0556. The van der Waals surface area contributed by atoms with E-state index in [1.165, 1.54) is 117 Å². The number of hydroxylamine groups is 2. The smallest absolute Gasteiger partial charge is 0.105 e. The molecule has 3 heteroatoms. The van der Waals surface area contributed by atoms with E-state index >= 15 is 0 Å². The normalized spacial score (nSPS) is 15.8. The van der Waals surface area contributed by atoms with Crippen molar-refractivity contribution in [2.45, 2.75) is 96.2 Å². The molecule has 1 spiro atoms. The summed E-state index contributed by atoms with van der Waals surface area (Å²) in [7, 11) is 0. The first-order chi connectivity index (χ1) is 44.2. The molecule has 0 fully saturated rings. The lowest BCUT2D eigenvalue weighted by molar-refractivity contribution is -0.278. The van der Waals surface area contributed by atoms with Crippen molar-refractivity contribution < 1.29 is 4.84 Å². The van der Waals surface area contributed by atoms with Gasteiger partial charge in [0.2, 0.25) is 0 Å². The van der Waals surface area contributed by atoms with E-state index < -0.39 is 5.41 Å². The van der Waals surface area contributed by atoms with Gasteiger partial charge in [-0.3, -0.25) is 4.84 Å². The summed E-state index contributed by atoms with van der Waals surface area (Å²) in [6, 6.07) is 109. The molecule has 0 radical (unpaired) electrons. The van der Waals surface area contributed by atoms with Crippen molar-refractivity contribution in [3.8, 4) is 66.8 Å². The molecule has 0 saturated heterocycles. The second kappa shape index (κ2) is 23.0. The molecule has 15 rings (SSSR count). The van der Waals surface area contributed by atoms with Crippen LogP contribution in [0.15, 0.2) is 291 Å². The quantitative estimate of drug-likeness (QED) is 0.0952. The van der Waals surface area contributed by atoms with Gasteiger partial charge in [0, 0.05) is 28.0 Å². The first kappa shape index (κ1) is 57.8. The Morgan fingerprint density at radius 3 is 1.24 bits per heavy atom. The molecule has 446 valence electrons. The van der Waals surface area contributed by atoms with Crippen LogP contribution in [-0.4, -0.2) is 10.6 Å². The minimum atomic E-state index is -0.540. The molecule has 4 unspecified atom stereocenters. The fraction of sp³-hybridized carbons (Fsp3) is 0.182. The molecule has 0 bridgehead atoms. The summed E-state index contributed by atoms with van der Waals surface area (Å²) in [4.78, 5) is 9.94. The van der Waals surface area contributed by atoms with Gasteiger partial charge < -0.3 is 4.90 Å². The number of hydrogen-bond donors (Lipinski definition) is 0. The molecule has 0 saturated carbocycles. The molecule has 12 aromatic rings. The third-order valence-corrected chi connectivity index (χ3v) is 20.1. The monoisotopic (exact) mass is 1180 g/mol. The number of fused-ring (bicyclic) bond motifs is 13. The van der Waals surface area contributed by atoms with Gasteiger partial charge in [0.1, 0.15) is 6.10 Å². The Kier molecular flexibility index (Phi) is 14.6. The Bertz CT molecular complexity index is 4620. The highest BCUT2D eigenvalue weighted by Crippen LogP contribution is 2.64. The number of rotatable bonds is 15. The lowest BCUT2D eigenvalue weighted by Gasteiger charge is -2.44. The molecule has 0 N–H and O–H groups in total. The van der Waals surface area contributed by atoms with E-state index in [0.29, 0.717) is 5.92 Å². The van der Waals surface area contributed by atoms with Crippen LogP contribution < -0.4 is 4.90 Å². The van der Waals surface area contributed by atoms with Crippen molar-refractivity contribution in [3.63, 3.8) is 0 Å². The summed E-state index contributed by atoms with van der Waals surface area (Å²) in [5.41, 5.74) is 29.1. The molecule has 3 aliphatic rings. The third-order valence-electron chi connectivity index (χ3n) is 20.1. The zero-order valence-electron chi connectivity index (χ0n) is 53.5. The predicted molar refractivity (Wildman–Crippen MR) is 380 cm³/mol. The van der Waals surface area contributed by atoms with Crippen molar-refractivity contribution in [1.82, 2.24) is 5.06 Å². The molecule has 12 aromatic carbocycles. The average molecular weight is 1180 g/mol. The second-order valence-electron chi connectivity index (χ2n) is 27.4. The van der Waals surface area contributed by atoms with Crippen LogP contribution in [0.4, 0.5) is 17.1 Å². The van der Waals surface area contributed by atoms with E-state index in [2.05, 4.69) is 357 Å². The Labute approximate surface area is 538 Å². The summed E-state index contributed by atoms with van der Waals surface area (Å²) in [5.74, 6) is 0.574. The van der Waals surface area contributed by atoms with Crippen LogP contribution in [0.1, 0.15) is 130 Å². The maximum Gasteiger partial charge on any atom is 0.105 e. The summed E-state index contributed by atoms with van der Waals surface area (Å²) in [6.45, 7) is 18.5. The van der Waals surface area contributed by atoms with Gasteiger partial charge in [0.25, 0.3) is 0 Å². The predicted octanol–water partition coefficient (Wildman–Crippen LogP) is 23.5. The van der Waals surface area contributed by atoms with Gasteiger partial charge in [-0.15, -0.1) is 0 Å². The number of hydrogen-bond acceptors (Lipinski definition) is 3. The van der Waals surface area contributed by atoms with Gasteiger partial charge >= 0.3 is 0 Å². The van der Waals surface area contributed by atoms with Crippen molar-refractivity contribution >= 4 is 17.1 Å². The van der Waals surface area contributed by atoms with E-state index in [4.69, 9.17) is 4.84 Å². The Morgan fingerprint density at radius 2 is 0.725 bits per heavy atom. The lowest BCUT2D eigenvalue weighted by atomic mass is 9.70. The van der Waals surface area contributed by atoms with Crippen molar-refractivity contribution in [2.75, 3.05) is 4.90 Å². The Balaban J connectivity index is 0.802.